The van der Waals surface area contributed by atoms with Gasteiger partial charge in [-0.3, -0.25) is 4.79 Å². The van der Waals surface area contributed by atoms with Gasteiger partial charge in [0, 0.05) is 18.3 Å². The molecular formula is C9H14N2O. The van der Waals surface area contributed by atoms with Crippen LogP contribution in [0.25, 0.3) is 0 Å². The third-order valence-corrected chi connectivity index (χ3v) is 1.90. The van der Waals surface area contributed by atoms with E-state index in [-0.39, 0.29) is 11.6 Å². The zero-order valence-corrected chi connectivity index (χ0v) is 7.37. The molecular weight excluding hydrogens is 152 g/mol. The Morgan fingerprint density at radius 1 is 1.50 bits per heavy atom. The van der Waals surface area contributed by atoms with Crippen LogP contribution < -0.4 is 11.3 Å². The summed E-state index contributed by atoms with van der Waals surface area (Å²) in [5, 5.41) is 0. The SMILES string of the molecule is CC(C)[C@H](N)c1cc[nH]c(=O)c1. The summed E-state index contributed by atoms with van der Waals surface area (Å²) in [7, 11) is 0. The maximum atomic E-state index is 10.9. The molecule has 3 N–H and O–H groups in total. The fourth-order valence-electron chi connectivity index (χ4n) is 1.05. The van der Waals surface area contributed by atoms with Crippen molar-refractivity contribution in [2.75, 3.05) is 0 Å². The van der Waals surface area contributed by atoms with Gasteiger partial charge in [-0.1, -0.05) is 13.8 Å². The third-order valence-electron chi connectivity index (χ3n) is 1.90. The lowest BCUT2D eigenvalue weighted by Crippen LogP contribution is -2.19. The van der Waals surface area contributed by atoms with Crippen molar-refractivity contribution in [3.63, 3.8) is 0 Å². The molecule has 12 heavy (non-hydrogen) atoms. The molecule has 0 saturated carbocycles. The molecule has 0 saturated heterocycles. The van der Waals surface area contributed by atoms with E-state index in [1.54, 1.807) is 12.3 Å². The second-order valence-corrected chi connectivity index (χ2v) is 3.26. The molecule has 0 amide bonds. The Morgan fingerprint density at radius 2 is 2.17 bits per heavy atom. The summed E-state index contributed by atoms with van der Waals surface area (Å²) in [5.74, 6) is 0.354. The lowest BCUT2D eigenvalue weighted by Gasteiger charge is -2.14. The maximum absolute atomic E-state index is 10.9. The van der Waals surface area contributed by atoms with Gasteiger partial charge in [0.1, 0.15) is 0 Å². The molecule has 0 unspecified atom stereocenters. The topological polar surface area (TPSA) is 58.9 Å². The molecule has 0 radical (unpaired) electrons. The fraction of sp³-hybridized carbons (Fsp3) is 0.444. The smallest absolute Gasteiger partial charge is 0.248 e. The highest BCUT2D eigenvalue weighted by Crippen LogP contribution is 2.15. The van der Waals surface area contributed by atoms with Gasteiger partial charge in [0.15, 0.2) is 0 Å². The molecule has 1 aromatic rings. The largest absolute Gasteiger partial charge is 0.329 e. The van der Waals surface area contributed by atoms with Gasteiger partial charge in [-0.2, -0.15) is 0 Å². The summed E-state index contributed by atoms with van der Waals surface area (Å²) in [6.45, 7) is 4.07. The molecule has 0 aliphatic heterocycles. The molecule has 0 aromatic carbocycles. The molecule has 1 rings (SSSR count). The number of nitrogens with two attached hydrogens (primary N) is 1. The predicted molar refractivity (Wildman–Crippen MR) is 48.8 cm³/mol. The third kappa shape index (κ3) is 1.95. The molecule has 0 aliphatic rings. The van der Waals surface area contributed by atoms with Gasteiger partial charge in [-0.05, 0) is 17.5 Å². The van der Waals surface area contributed by atoms with Crippen LogP contribution in [0.15, 0.2) is 23.1 Å². The Labute approximate surface area is 71.6 Å². The summed E-state index contributed by atoms with van der Waals surface area (Å²) in [6, 6.07) is 3.34. The molecule has 1 atom stereocenters. The van der Waals surface area contributed by atoms with Crippen molar-refractivity contribution in [1.29, 1.82) is 0 Å². The Kier molecular flexibility index (Phi) is 2.65. The van der Waals surface area contributed by atoms with Gasteiger partial charge in [0.25, 0.3) is 0 Å². The quantitative estimate of drug-likeness (QED) is 0.689. The number of aromatic amines is 1. The number of hydrogen-bond acceptors (Lipinski definition) is 2. The standard InChI is InChI=1S/C9H14N2O/c1-6(2)9(10)7-3-4-11-8(12)5-7/h3-6,9H,10H2,1-2H3,(H,11,12)/t9-/m0/s1. The summed E-state index contributed by atoms with van der Waals surface area (Å²) < 4.78 is 0. The van der Waals surface area contributed by atoms with Crippen molar-refractivity contribution < 1.29 is 0 Å². The number of pyridine rings is 1. The minimum absolute atomic E-state index is 0.0488. The minimum Gasteiger partial charge on any atom is -0.329 e. The molecule has 1 heterocycles. The summed E-state index contributed by atoms with van der Waals surface area (Å²) >= 11 is 0. The maximum Gasteiger partial charge on any atom is 0.248 e. The molecule has 0 aliphatic carbocycles. The Morgan fingerprint density at radius 3 is 2.67 bits per heavy atom. The van der Waals surface area contributed by atoms with Gasteiger partial charge in [-0.15, -0.1) is 0 Å². The van der Waals surface area contributed by atoms with E-state index in [1.807, 2.05) is 19.9 Å². The van der Waals surface area contributed by atoms with Gasteiger partial charge in [0.2, 0.25) is 5.56 Å². The zero-order valence-electron chi connectivity index (χ0n) is 7.37. The van der Waals surface area contributed by atoms with E-state index in [9.17, 15) is 4.79 Å². The highest BCUT2D eigenvalue weighted by Gasteiger charge is 2.09. The van der Waals surface area contributed by atoms with E-state index in [2.05, 4.69) is 4.98 Å². The van der Waals surface area contributed by atoms with E-state index in [0.717, 1.165) is 5.56 Å². The van der Waals surface area contributed by atoms with Crippen LogP contribution in [0.3, 0.4) is 0 Å². The van der Waals surface area contributed by atoms with Crippen LogP contribution in [0.5, 0.6) is 0 Å². The summed E-state index contributed by atoms with van der Waals surface area (Å²) in [4.78, 5) is 13.5. The van der Waals surface area contributed by atoms with Gasteiger partial charge in [0.05, 0.1) is 0 Å². The second-order valence-electron chi connectivity index (χ2n) is 3.26. The van der Waals surface area contributed by atoms with Gasteiger partial charge in [-0.25, -0.2) is 0 Å². The number of nitrogens with one attached hydrogen (secondary N) is 1. The number of aromatic nitrogens is 1. The molecule has 3 nitrogen and oxygen atoms in total. The normalized spacial score (nSPS) is 13.3. The van der Waals surface area contributed by atoms with Crippen LogP contribution in [0.1, 0.15) is 25.5 Å². The van der Waals surface area contributed by atoms with Crippen LogP contribution in [-0.2, 0) is 0 Å². The van der Waals surface area contributed by atoms with Crippen LogP contribution in [0, 0.1) is 5.92 Å². The first kappa shape index (κ1) is 9.00. The Bertz CT molecular complexity index is 303. The molecule has 0 spiro atoms. The highest BCUT2D eigenvalue weighted by molar-refractivity contribution is 5.14. The van der Waals surface area contributed by atoms with Gasteiger partial charge < -0.3 is 10.7 Å². The lowest BCUT2D eigenvalue weighted by atomic mass is 9.98. The molecule has 1 aromatic heterocycles. The summed E-state index contributed by atoms with van der Waals surface area (Å²) in [5.41, 5.74) is 6.66. The first-order chi connectivity index (χ1) is 5.61. The van der Waals surface area contributed by atoms with Crippen LogP contribution in [0.2, 0.25) is 0 Å². The zero-order chi connectivity index (χ0) is 9.14. The van der Waals surface area contributed by atoms with Crippen LogP contribution in [0.4, 0.5) is 0 Å². The predicted octanol–water partition coefficient (Wildman–Crippen LogP) is 1.03. The van der Waals surface area contributed by atoms with Crippen molar-refractivity contribution in [3.05, 3.63) is 34.2 Å². The molecule has 0 bridgehead atoms. The number of hydrogen-bond donors (Lipinski definition) is 2. The fourth-order valence-corrected chi connectivity index (χ4v) is 1.05. The van der Waals surface area contributed by atoms with Crippen LogP contribution >= 0.6 is 0 Å². The summed E-state index contributed by atoms with van der Waals surface area (Å²) in [6.07, 6.45) is 1.62. The van der Waals surface area contributed by atoms with Crippen molar-refractivity contribution in [2.45, 2.75) is 19.9 Å². The number of H-pyrrole nitrogens is 1. The van der Waals surface area contributed by atoms with Crippen molar-refractivity contribution >= 4 is 0 Å². The molecule has 0 fully saturated rings. The van der Waals surface area contributed by atoms with E-state index in [0.29, 0.717) is 5.92 Å². The van der Waals surface area contributed by atoms with E-state index >= 15 is 0 Å². The first-order valence-electron chi connectivity index (χ1n) is 4.05. The van der Waals surface area contributed by atoms with E-state index in [1.165, 1.54) is 0 Å². The van der Waals surface area contributed by atoms with Crippen LogP contribution in [-0.4, -0.2) is 4.98 Å². The Balaban J connectivity index is 2.95. The van der Waals surface area contributed by atoms with E-state index in [4.69, 9.17) is 5.73 Å². The average molecular weight is 166 g/mol. The van der Waals surface area contributed by atoms with Gasteiger partial charge >= 0.3 is 0 Å². The highest BCUT2D eigenvalue weighted by atomic mass is 16.1. The average Bonchev–Trinajstić information content (AvgIpc) is 2.03. The molecule has 3 heteroatoms. The first-order valence-corrected chi connectivity index (χ1v) is 4.05. The minimum atomic E-state index is -0.0939. The van der Waals surface area contributed by atoms with E-state index < -0.39 is 0 Å². The van der Waals surface area contributed by atoms with Crippen molar-refractivity contribution in [1.82, 2.24) is 4.98 Å². The van der Waals surface area contributed by atoms with Crippen molar-refractivity contribution in [3.8, 4) is 0 Å². The second kappa shape index (κ2) is 3.54. The number of rotatable bonds is 2. The van der Waals surface area contributed by atoms with Crippen molar-refractivity contribution in [2.24, 2.45) is 11.7 Å². The Hall–Kier alpha value is -1.09. The molecule has 66 valence electrons. The lowest BCUT2D eigenvalue weighted by molar-refractivity contribution is 0.513. The monoisotopic (exact) mass is 166 g/mol.